The summed E-state index contributed by atoms with van der Waals surface area (Å²) in [7, 11) is 0. The number of hydrogen-bond acceptors (Lipinski definition) is 2. The van der Waals surface area contributed by atoms with E-state index in [1.807, 2.05) is 54.7 Å². The van der Waals surface area contributed by atoms with Crippen molar-refractivity contribution in [3.63, 3.8) is 0 Å². The molecule has 5 aromatic rings. The van der Waals surface area contributed by atoms with Crippen LogP contribution >= 0.6 is 0 Å². The first kappa shape index (κ1) is 29.6. The second kappa shape index (κ2) is 12.4. The van der Waals surface area contributed by atoms with E-state index in [1.54, 1.807) is 6.20 Å². The van der Waals surface area contributed by atoms with Gasteiger partial charge in [-0.2, -0.15) is 0 Å². The van der Waals surface area contributed by atoms with Crippen LogP contribution in [0, 0.1) is 19.1 Å². The number of benzene rings is 3. The van der Waals surface area contributed by atoms with Gasteiger partial charge in [-0.25, -0.2) is 0 Å². The fourth-order valence-electron chi connectivity index (χ4n) is 5.35. The SMILES string of the molecule is Cc1cc(-c2[c-]cc3c(c2)C(C)(C)CCC3(C)C)ncc1-c1ccccc1.[Ir].[c-]1ccccc1-c1ccccn1. The zero-order valence-corrected chi connectivity index (χ0v) is 26.4. The predicted octanol–water partition coefficient (Wildman–Crippen LogP) is 9.42. The Morgan fingerprint density at radius 3 is 2.02 bits per heavy atom. The van der Waals surface area contributed by atoms with Crippen molar-refractivity contribution in [1.82, 2.24) is 9.97 Å². The second-order valence-corrected chi connectivity index (χ2v) is 11.7. The van der Waals surface area contributed by atoms with E-state index in [2.05, 4.69) is 94.2 Å². The molecule has 0 N–H and O–H groups in total. The monoisotopic (exact) mass is 701 g/mol. The third-order valence-electron chi connectivity index (χ3n) is 7.91. The van der Waals surface area contributed by atoms with E-state index in [1.165, 1.54) is 40.7 Å². The molecule has 2 aromatic heterocycles. The molecule has 0 fully saturated rings. The van der Waals surface area contributed by atoms with E-state index in [4.69, 9.17) is 4.98 Å². The maximum absolute atomic E-state index is 4.79. The Kier molecular flexibility index (Phi) is 9.19. The minimum absolute atomic E-state index is 0. The molecule has 1 aliphatic rings. The van der Waals surface area contributed by atoms with E-state index in [0.717, 1.165) is 22.5 Å². The maximum atomic E-state index is 4.79. The first-order valence-electron chi connectivity index (χ1n) is 13.7. The summed E-state index contributed by atoms with van der Waals surface area (Å²) in [5.41, 5.74) is 11.1. The van der Waals surface area contributed by atoms with Gasteiger partial charge in [-0.05, 0) is 52.8 Å². The summed E-state index contributed by atoms with van der Waals surface area (Å²) in [5, 5.41) is 0. The van der Waals surface area contributed by atoms with Crippen molar-refractivity contribution in [2.45, 2.75) is 58.3 Å². The molecule has 205 valence electrons. The number of aryl methyl sites for hydroxylation is 1. The van der Waals surface area contributed by atoms with Crippen molar-refractivity contribution in [3.8, 4) is 33.6 Å². The van der Waals surface area contributed by atoms with E-state index in [0.29, 0.717) is 0 Å². The summed E-state index contributed by atoms with van der Waals surface area (Å²) in [6, 6.07) is 37.6. The Balaban J connectivity index is 0.000000238. The average Bonchev–Trinajstić information content (AvgIpc) is 2.97. The molecule has 0 saturated heterocycles. The minimum Gasteiger partial charge on any atom is -0.305 e. The molecule has 2 heterocycles. The summed E-state index contributed by atoms with van der Waals surface area (Å²) >= 11 is 0. The number of fused-ring (bicyclic) bond motifs is 1. The topological polar surface area (TPSA) is 25.8 Å². The van der Waals surface area contributed by atoms with Gasteiger partial charge in [0.15, 0.2) is 0 Å². The molecule has 1 radical (unpaired) electrons. The normalized spacial score (nSPS) is 14.6. The van der Waals surface area contributed by atoms with Crippen LogP contribution in [0.15, 0.2) is 103 Å². The zero-order chi connectivity index (χ0) is 27.5. The first-order valence-corrected chi connectivity index (χ1v) is 13.7. The molecular formula is C37H36IrN2-2. The number of hydrogen-bond donors (Lipinski definition) is 0. The van der Waals surface area contributed by atoms with Gasteiger partial charge in [0.25, 0.3) is 0 Å². The summed E-state index contributed by atoms with van der Waals surface area (Å²) in [5.74, 6) is 0. The predicted molar refractivity (Wildman–Crippen MR) is 162 cm³/mol. The van der Waals surface area contributed by atoms with E-state index in [-0.39, 0.29) is 30.9 Å². The molecule has 0 bridgehead atoms. The van der Waals surface area contributed by atoms with Crippen LogP contribution in [0.2, 0.25) is 0 Å². The molecule has 6 rings (SSSR count). The van der Waals surface area contributed by atoms with Gasteiger partial charge in [0, 0.05) is 38.1 Å². The van der Waals surface area contributed by atoms with Crippen LogP contribution in [0.1, 0.15) is 57.2 Å². The van der Waals surface area contributed by atoms with Crippen molar-refractivity contribution in [1.29, 1.82) is 0 Å². The van der Waals surface area contributed by atoms with E-state index < -0.39 is 0 Å². The van der Waals surface area contributed by atoms with Crippen LogP contribution in [0.25, 0.3) is 33.6 Å². The van der Waals surface area contributed by atoms with Gasteiger partial charge in [0.1, 0.15) is 0 Å². The van der Waals surface area contributed by atoms with Crippen molar-refractivity contribution in [2.24, 2.45) is 0 Å². The van der Waals surface area contributed by atoms with Gasteiger partial charge >= 0.3 is 0 Å². The summed E-state index contributed by atoms with van der Waals surface area (Å²) in [4.78, 5) is 9.01. The third kappa shape index (κ3) is 6.49. The molecule has 0 saturated carbocycles. The molecular weight excluding hydrogens is 665 g/mol. The molecule has 40 heavy (non-hydrogen) atoms. The Morgan fingerprint density at radius 1 is 0.675 bits per heavy atom. The summed E-state index contributed by atoms with van der Waals surface area (Å²) in [6.07, 6.45) is 6.23. The molecule has 2 nitrogen and oxygen atoms in total. The molecule has 0 atom stereocenters. The smallest absolute Gasteiger partial charge is 0.0242 e. The van der Waals surface area contributed by atoms with Crippen LogP contribution in [0.3, 0.4) is 0 Å². The standard InChI is InChI=1S/C26H28N.C11H8N.Ir/c1-18-15-24(27-17-21(18)19-9-7-6-8-10-19)20-11-12-22-23(16-20)26(4,5)14-13-25(22,2)3;1-2-6-10(7-3-1)11-8-4-5-9-12-11;/h6-10,12,15-17H,13-14H2,1-5H3;1-6,8-9H;/q2*-1;. The van der Waals surface area contributed by atoms with Gasteiger partial charge in [-0.15, -0.1) is 70.8 Å². The Bertz CT molecular complexity index is 1500. The summed E-state index contributed by atoms with van der Waals surface area (Å²) in [6.45, 7) is 11.6. The van der Waals surface area contributed by atoms with Crippen LogP contribution in [-0.4, -0.2) is 9.97 Å². The Labute approximate surface area is 253 Å². The van der Waals surface area contributed by atoms with Crippen molar-refractivity contribution < 1.29 is 20.1 Å². The average molecular weight is 701 g/mol. The Morgan fingerprint density at radius 2 is 1.38 bits per heavy atom. The first-order chi connectivity index (χ1) is 18.7. The Hall–Kier alpha value is -3.39. The van der Waals surface area contributed by atoms with Gasteiger partial charge < -0.3 is 9.97 Å². The van der Waals surface area contributed by atoms with Gasteiger partial charge in [-0.3, -0.25) is 0 Å². The number of nitrogens with zero attached hydrogens (tertiary/aromatic N) is 2. The number of rotatable bonds is 3. The molecule has 0 amide bonds. The molecule has 3 heteroatoms. The quantitative estimate of drug-likeness (QED) is 0.175. The van der Waals surface area contributed by atoms with Crippen molar-refractivity contribution >= 4 is 0 Å². The molecule has 3 aromatic carbocycles. The molecule has 0 aliphatic heterocycles. The van der Waals surface area contributed by atoms with Gasteiger partial charge in [0.05, 0.1) is 0 Å². The largest absolute Gasteiger partial charge is 0.305 e. The summed E-state index contributed by atoms with van der Waals surface area (Å²) < 4.78 is 0. The molecule has 0 unspecified atom stereocenters. The van der Waals surface area contributed by atoms with Crippen LogP contribution < -0.4 is 0 Å². The third-order valence-corrected chi connectivity index (χ3v) is 7.91. The molecule has 1 aliphatic carbocycles. The van der Waals surface area contributed by atoms with Gasteiger partial charge in [-0.1, -0.05) is 82.6 Å². The van der Waals surface area contributed by atoms with E-state index in [9.17, 15) is 0 Å². The number of aromatic nitrogens is 2. The minimum atomic E-state index is 0. The fourth-order valence-corrected chi connectivity index (χ4v) is 5.35. The van der Waals surface area contributed by atoms with Crippen LogP contribution in [-0.2, 0) is 30.9 Å². The van der Waals surface area contributed by atoms with Crippen molar-refractivity contribution in [3.05, 3.63) is 132 Å². The van der Waals surface area contributed by atoms with E-state index >= 15 is 0 Å². The maximum Gasteiger partial charge on any atom is 0.0242 e. The number of pyridine rings is 2. The van der Waals surface area contributed by atoms with Crippen molar-refractivity contribution in [2.75, 3.05) is 0 Å². The van der Waals surface area contributed by atoms with Gasteiger partial charge in [0.2, 0.25) is 0 Å². The zero-order valence-electron chi connectivity index (χ0n) is 24.0. The van der Waals surface area contributed by atoms with Crippen LogP contribution in [0.5, 0.6) is 0 Å². The fraction of sp³-hybridized carbons (Fsp3) is 0.243. The van der Waals surface area contributed by atoms with Crippen LogP contribution in [0.4, 0.5) is 0 Å². The second-order valence-electron chi connectivity index (χ2n) is 11.7. The molecule has 0 spiro atoms.